The Kier molecular flexibility index (Phi) is 6.09. The van der Waals surface area contributed by atoms with Crippen molar-refractivity contribution < 1.29 is 4.79 Å². The van der Waals surface area contributed by atoms with Crippen molar-refractivity contribution >= 4 is 18.1 Å². The van der Waals surface area contributed by atoms with Crippen molar-refractivity contribution in [2.45, 2.75) is 34.0 Å². The van der Waals surface area contributed by atoms with Crippen LogP contribution in [0, 0.1) is 25.4 Å². The predicted molar refractivity (Wildman–Crippen MR) is 111 cm³/mol. The van der Waals surface area contributed by atoms with Crippen LogP contribution in [-0.4, -0.2) is 46.5 Å². The summed E-state index contributed by atoms with van der Waals surface area (Å²) in [6.07, 6.45) is 0. The smallest absolute Gasteiger partial charge is 0.251 e. The molecule has 1 aliphatic rings. The molecule has 1 aromatic carbocycles. The number of hydrogen-bond acceptors (Lipinski definition) is 4. The fraction of sp³-hybridized carbons (Fsp3) is 0.429. The number of rotatable bonds is 5. The van der Waals surface area contributed by atoms with Crippen molar-refractivity contribution in [3.05, 3.63) is 62.9 Å². The summed E-state index contributed by atoms with van der Waals surface area (Å²) < 4.78 is 2.57. The zero-order valence-corrected chi connectivity index (χ0v) is 17.2. The number of carbonyl (C=O) groups excluding carboxylic acids is 1. The van der Waals surface area contributed by atoms with Crippen LogP contribution in [0.2, 0.25) is 0 Å². The highest BCUT2D eigenvalue weighted by Crippen LogP contribution is 2.16. The van der Waals surface area contributed by atoms with E-state index in [4.69, 9.17) is 18.0 Å². The molecular weight excluding hydrogens is 356 g/mol. The zero-order chi connectivity index (χ0) is 19.6. The van der Waals surface area contributed by atoms with Gasteiger partial charge in [-0.1, -0.05) is 42.0 Å². The van der Waals surface area contributed by atoms with E-state index in [9.17, 15) is 4.79 Å². The molecule has 0 spiro atoms. The van der Waals surface area contributed by atoms with Gasteiger partial charge in [0.2, 0.25) is 0 Å². The highest BCUT2D eigenvalue weighted by atomic mass is 32.1. The number of carbonyl (C=O) groups is 1. The van der Waals surface area contributed by atoms with E-state index in [0.29, 0.717) is 16.9 Å². The van der Waals surface area contributed by atoms with Crippen molar-refractivity contribution in [2.24, 2.45) is 5.73 Å². The first-order chi connectivity index (χ1) is 12.8. The fourth-order valence-corrected chi connectivity index (χ4v) is 4.22. The van der Waals surface area contributed by atoms with E-state index in [1.165, 1.54) is 11.1 Å². The van der Waals surface area contributed by atoms with Crippen LogP contribution in [0.5, 0.6) is 0 Å². The zero-order valence-electron chi connectivity index (χ0n) is 16.4. The molecule has 0 saturated carbocycles. The van der Waals surface area contributed by atoms with Gasteiger partial charge in [0.25, 0.3) is 5.91 Å². The van der Waals surface area contributed by atoms with Crippen molar-refractivity contribution in [2.75, 3.05) is 26.2 Å². The topological polar surface area (TPSA) is 54.5 Å². The third-order valence-electron chi connectivity index (χ3n) is 5.25. The van der Waals surface area contributed by atoms with Gasteiger partial charge in [-0.05, 0) is 38.0 Å². The molecule has 144 valence electrons. The van der Waals surface area contributed by atoms with Gasteiger partial charge in [0.1, 0.15) is 4.64 Å². The molecule has 5 nitrogen and oxygen atoms in total. The molecule has 2 heterocycles. The van der Waals surface area contributed by atoms with Gasteiger partial charge in [0, 0.05) is 38.4 Å². The first-order valence-electron chi connectivity index (χ1n) is 9.36. The van der Waals surface area contributed by atoms with E-state index in [0.717, 1.165) is 44.0 Å². The minimum atomic E-state index is -0.450. The summed E-state index contributed by atoms with van der Waals surface area (Å²) in [5, 5.41) is 0. The van der Waals surface area contributed by atoms with E-state index >= 15 is 0 Å². The molecule has 1 aliphatic heterocycles. The normalized spacial score (nSPS) is 15.8. The van der Waals surface area contributed by atoms with Gasteiger partial charge in [-0.15, -0.1) is 0 Å². The van der Waals surface area contributed by atoms with Gasteiger partial charge in [0.05, 0.1) is 12.2 Å². The number of amides is 1. The lowest BCUT2D eigenvalue weighted by Gasteiger charge is -2.35. The van der Waals surface area contributed by atoms with Crippen LogP contribution in [0.1, 0.15) is 32.7 Å². The molecule has 3 rings (SSSR count). The highest BCUT2D eigenvalue weighted by molar-refractivity contribution is 7.71. The molecule has 27 heavy (non-hydrogen) atoms. The average Bonchev–Trinajstić information content (AvgIpc) is 2.59. The second-order valence-electron chi connectivity index (χ2n) is 7.47. The van der Waals surface area contributed by atoms with Gasteiger partial charge in [-0.2, -0.15) is 0 Å². The lowest BCUT2D eigenvalue weighted by atomic mass is 10.1. The SMILES string of the molecule is Cc1cccc(CN2CCN(Cn3c(C)cc(C)c(C(N)=O)c3=S)CC2)c1. The number of benzene rings is 1. The minimum Gasteiger partial charge on any atom is -0.365 e. The van der Waals surface area contributed by atoms with Crippen LogP contribution in [-0.2, 0) is 13.2 Å². The Balaban J connectivity index is 1.65. The Bertz CT molecular complexity index is 898. The van der Waals surface area contributed by atoms with E-state index in [1.807, 2.05) is 24.5 Å². The largest absolute Gasteiger partial charge is 0.365 e. The maximum Gasteiger partial charge on any atom is 0.251 e. The van der Waals surface area contributed by atoms with Crippen molar-refractivity contribution in [3.8, 4) is 0 Å². The molecule has 0 aliphatic carbocycles. The maximum absolute atomic E-state index is 11.8. The standard InChI is InChI=1S/C21H28N4OS/c1-15-5-4-6-18(11-15)13-23-7-9-24(10-8-23)14-25-17(3)12-16(2)19(20(22)26)21(25)27/h4-6,11-12H,7-10,13-14H2,1-3H3,(H2,22,26). The lowest BCUT2D eigenvalue weighted by molar-refractivity contribution is 0.0982. The van der Waals surface area contributed by atoms with Gasteiger partial charge in [-0.25, -0.2) is 0 Å². The Morgan fingerprint density at radius 2 is 1.74 bits per heavy atom. The van der Waals surface area contributed by atoms with Crippen LogP contribution in [0.3, 0.4) is 0 Å². The molecule has 0 unspecified atom stereocenters. The minimum absolute atomic E-state index is 0.450. The first-order valence-corrected chi connectivity index (χ1v) is 9.77. The molecular formula is C21H28N4OS. The molecule has 0 radical (unpaired) electrons. The molecule has 1 amide bonds. The first kappa shape index (κ1) is 19.7. The molecule has 1 fully saturated rings. The van der Waals surface area contributed by atoms with Crippen molar-refractivity contribution in [3.63, 3.8) is 0 Å². The Hall–Kier alpha value is -2.02. The number of aryl methyl sites for hydroxylation is 3. The summed E-state index contributed by atoms with van der Waals surface area (Å²) in [5.74, 6) is -0.450. The number of nitrogens with zero attached hydrogens (tertiary/aromatic N) is 3. The number of hydrogen-bond donors (Lipinski definition) is 1. The van der Waals surface area contributed by atoms with Crippen LogP contribution < -0.4 is 5.73 Å². The van der Waals surface area contributed by atoms with Gasteiger partial charge < -0.3 is 10.3 Å². The second-order valence-corrected chi connectivity index (χ2v) is 7.85. The fourth-order valence-electron chi connectivity index (χ4n) is 3.76. The van der Waals surface area contributed by atoms with Crippen LogP contribution >= 0.6 is 12.2 Å². The second kappa shape index (κ2) is 8.33. The molecule has 0 bridgehead atoms. The van der Waals surface area contributed by atoms with E-state index in [2.05, 4.69) is 41.0 Å². The molecule has 1 aromatic heterocycles. The van der Waals surface area contributed by atoms with Crippen LogP contribution in [0.4, 0.5) is 0 Å². The van der Waals surface area contributed by atoms with Gasteiger partial charge in [-0.3, -0.25) is 14.6 Å². The van der Waals surface area contributed by atoms with Crippen molar-refractivity contribution in [1.29, 1.82) is 0 Å². The molecule has 1 saturated heterocycles. The Morgan fingerprint density at radius 3 is 2.37 bits per heavy atom. The molecule has 6 heteroatoms. The number of pyridine rings is 1. The predicted octanol–water partition coefficient (Wildman–Crippen LogP) is 3.02. The van der Waals surface area contributed by atoms with Crippen LogP contribution in [0.15, 0.2) is 30.3 Å². The molecule has 2 aromatic rings. The lowest BCUT2D eigenvalue weighted by Crippen LogP contribution is -2.46. The van der Waals surface area contributed by atoms with Gasteiger partial charge in [0.15, 0.2) is 0 Å². The van der Waals surface area contributed by atoms with E-state index < -0.39 is 5.91 Å². The van der Waals surface area contributed by atoms with Crippen LogP contribution in [0.25, 0.3) is 0 Å². The number of piperazine rings is 1. The quantitative estimate of drug-likeness (QED) is 0.805. The summed E-state index contributed by atoms with van der Waals surface area (Å²) in [7, 11) is 0. The Labute approximate surface area is 166 Å². The molecule has 0 atom stereocenters. The summed E-state index contributed by atoms with van der Waals surface area (Å²) in [4.78, 5) is 16.6. The summed E-state index contributed by atoms with van der Waals surface area (Å²) in [5.41, 5.74) is 10.6. The highest BCUT2D eigenvalue weighted by Gasteiger charge is 2.19. The maximum atomic E-state index is 11.8. The van der Waals surface area contributed by atoms with E-state index in [1.54, 1.807) is 0 Å². The van der Waals surface area contributed by atoms with Crippen molar-refractivity contribution in [1.82, 2.24) is 14.4 Å². The van der Waals surface area contributed by atoms with E-state index in [-0.39, 0.29) is 0 Å². The number of aromatic nitrogens is 1. The summed E-state index contributed by atoms with van der Waals surface area (Å²) in [6.45, 7) is 11.7. The average molecular weight is 385 g/mol. The molecule has 2 N–H and O–H groups in total. The summed E-state index contributed by atoms with van der Waals surface area (Å²) >= 11 is 5.56. The third-order valence-corrected chi connectivity index (χ3v) is 5.67. The summed E-state index contributed by atoms with van der Waals surface area (Å²) in [6, 6.07) is 10.7. The third kappa shape index (κ3) is 4.64. The number of nitrogens with two attached hydrogens (primary N) is 1. The Morgan fingerprint density at radius 1 is 1.07 bits per heavy atom. The number of primary amides is 1. The monoisotopic (exact) mass is 384 g/mol. The van der Waals surface area contributed by atoms with Gasteiger partial charge >= 0.3 is 0 Å².